The van der Waals surface area contributed by atoms with Gasteiger partial charge < -0.3 is 15.4 Å². The fraction of sp³-hybridized carbons (Fsp3) is 0.208. The summed E-state index contributed by atoms with van der Waals surface area (Å²) in [6.07, 6.45) is 5.00. The highest BCUT2D eigenvalue weighted by Gasteiger charge is 2.20. The van der Waals surface area contributed by atoms with E-state index in [0.717, 1.165) is 28.2 Å². The summed E-state index contributed by atoms with van der Waals surface area (Å²) in [6.45, 7) is 0. The number of aromatic nitrogens is 2. The van der Waals surface area contributed by atoms with Gasteiger partial charge in [0, 0.05) is 25.4 Å². The van der Waals surface area contributed by atoms with E-state index in [2.05, 4.69) is 39.9 Å². The van der Waals surface area contributed by atoms with Gasteiger partial charge in [-0.2, -0.15) is 0 Å². The van der Waals surface area contributed by atoms with Crippen LogP contribution in [0, 0.1) is 0 Å². The van der Waals surface area contributed by atoms with Crippen LogP contribution in [0.15, 0.2) is 60.8 Å². The van der Waals surface area contributed by atoms with E-state index in [1.807, 2.05) is 18.2 Å². The number of nitrogens with zero attached hydrogens (tertiary/aromatic N) is 2. The molecule has 5 rings (SSSR count). The van der Waals surface area contributed by atoms with Gasteiger partial charge in [0.1, 0.15) is 17.2 Å². The maximum Gasteiger partial charge on any atom is 0.269 e. The van der Waals surface area contributed by atoms with Crippen LogP contribution >= 0.6 is 11.3 Å². The Bertz CT molecular complexity index is 1250. The van der Waals surface area contributed by atoms with E-state index in [9.17, 15) is 4.79 Å². The quantitative estimate of drug-likeness (QED) is 0.447. The monoisotopic (exact) mass is 430 g/mol. The second-order valence-corrected chi connectivity index (χ2v) is 8.53. The number of hydrogen-bond acceptors (Lipinski definition) is 6. The SMILES string of the molecule is CNC(=O)c1cc(Oc2ccc3nc(NC4CCCc5ccccc54)sc3c2)ccn1. The molecule has 156 valence electrons. The molecular weight excluding hydrogens is 408 g/mol. The van der Waals surface area contributed by atoms with E-state index in [1.165, 1.54) is 17.5 Å². The van der Waals surface area contributed by atoms with Crippen LogP contribution in [0.5, 0.6) is 11.5 Å². The number of rotatable bonds is 5. The number of anilines is 1. The van der Waals surface area contributed by atoms with Crippen LogP contribution in [0.25, 0.3) is 10.2 Å². The molecule has 1 aliphatic carbocycles. The number of amides is 1. The largest absolute Gasteiger partial charge is 0.457 e. The molecule has 1 amide bonds. The van der Waals surface area contributed by atoms with Crippen molar-refractivity contribution < 1.29 is 9.53 Å². The van der Waals surface area contributed by atoms with Gasteiger partial charge in [-0.15, -0.1) is 0 Å². The molecule has 0 bridgehead atoms. The molecule has 31 heavy (non-hydrogen) atoms. The predicted molar refractivity (Wildman–Crippen MR) is 123 cm³/mol. The third-order valence-electron chi connectivity index (χ3n) is 5.45. The number of nitrogens with one attached hydrogen (secondary N) is 2. The lowest BCUT2D eigenvalue weighted by Crippen LogP contribution is -2.18. The number of carbonyl (C=O) groups excluding carboxylic acids is 1. The molecule has 0 aliphatic heterocycles. The third kappa shape index (κ3) is 4.09. The Morgan fingerprint density at radius 2 is 2.00 bits per heavy atom. The first-order valence-electron chi connectivity index (χ1n) is 10.3. The Hall–Kier alpha value is -3.45. The van der Waals surface area contributed by atoms with Crippen LogP contribution in [-0.4, -0.2) is 22.9 Å². The van der Waals surface area contributed by atoms with E-state index in [0.29, 0.717) is 23.2 Å². The topological polar surface area (TPSA) is 76.1 Å². The smallest absolute Gasteiger partial charge is 0.269 e. The van der Waals surface area contributed by atoms with Crippen LogP contribution in [0.2, 0.25) is 0 Å². The van der Waals surface area contributed by atoms with Gasteiger partial charge in [0.15, 0.2) is 5.13 Å². The molecule has 0 radical (unpaired) electrons. The molecule has 2 aromatic heterocycles. The minimum atomic E-state index is -0.247. The lowest BCUT2D eigenvalue weighted by atomic mass is 9.88. The van der Waals surface area contributed by atoms with Gasteiger partial charge >= 0.3 is 0 Å². The molecule has 0 saturated carbocycles. The fourth-order valence-corrected chi connectivity index (χ4v) is 4.89. The first-order valence-corrected chi connectivity index (χ1v) is 11.1. The second kappa shape index (κ2) is 8.35. The van der Waals surface area contributed by atoms with Crippen molar-refractivity contribution in [2.24, 2.45) is 0 Å². The summed E-state index contributed by atoms with van der Waals surface area (Å²) in [5.41, 5.74) is 4.06. The number of thiazole rings is 1. The van der Waals surface area contributed by atoms with Crippen molar-refractivity contribution in [3.8, 4) is 11.5 Å². The van der Waals surface area contributed by atoms with Gasteiger partial charge in [0.2, 0.25) is 0 Å². The summed E-state index contributed by atoms with van der Waals surface area (Å²) < 4.78 is 7.01. The van der Waals surface area contributed by atoms with E-state index in [1.54, 1.807) is 36.7 Å². The van der Waals surface area contributed by atoms with Gasteiger partial charge in [-0.05, 0) is 48.6 Å². The van der Waals surface area contributed by atoms with E-state index in [4.69, 9.17) is 9.72 Å². The maximum absolute atomic E-state index is 11.8. The minimum absolute atomic E-state index is 0.247. The molecule has 0 fully saturated rings. The maximum atomic E-state index is 11.8. The normalized spacial score (nSPS) is 15.3. The zero-order valence-corrected chi connectivity index (χ0v) is 17.9. The summed E-state index contributed by atoms with van der Waals surface area (Å²) >= 11 is 1.62. The molecule has 0 saturated heterocycles. The molecule has 4 aromatic rings. The van der Waals surface area contributed by atoms with E-state index < -0.39 is 0 Å². The molecule has 2 heterocycles. The van der Waals surface area contributed by atoms with Crippen LogP contribution in [0.1, 0.15) is 40.5 Å². The van der Waals surface area contributed by atoms with Crippen molar-refractivity contribution in [3.63, 3.8) is 0 Å². The number of hydrogen-bond donors (Lipinski definition) is 2. The average molecular weight is 431 g/mol. The van der Waals surface area contributed by atoms with Crippen LogP contribution < -0.4 is 15.4 Å². The van der Waals surface area contributed by atoms with Crippen molar-refractivity contribution in [2.45, 2.75) is 25.3 Å². The highest BCUT2D eigenvalue weighted by molar-refractivity contribution is 7.22. The average Bonchev–Trinajstić information content (AvgIpc) is 3.20. The summed E-state index contributed by atoms with van der Waals surface area (Å²) in [5.74, 6) is 1.01. The number of carbonyl (C=O) groups is 1. The molecule has 1 aliphatic rings. The van der Waals surface area contributed by atoms with Gasteiger partial charge in [0.25, 0.3) is 5.91 Å². The van der Waals surface area contributed by atoms with E-state index in [-0.39, 0.29) is 5.91 Å². The van der Waals surface area contributed by atoms with E-state index >= 15 is 0 Å². The summed E-state index contributed by atoms with van der Waals surface area (Å²) in [6, 6.07) is 18.1. The van der Waals surface area contributed by atoms with Gasteiger partial charge in [0.05, 0.1) is 16.3 Å². The van der Waals surface area contributed by atoms with Gasteiger partial charge in [-0.3, -0.25) is 9.78 Å². The fourth-order valence-electron chi connectivity index (χ4n) is 3.95. The Morgan fingerprint density at radius 3 is 2.90 bits per heavy atom. The lowest BCUT2D eigenvalue weighted by molar-refractivity contribution is 0.0958. The standard InChI is InChI=1S/C24H22N4O2S/c1-25-23(29)21-13-17(11-12-26-21)30-16-9-10-20-22(14-16)31-24(28-20)27-19-8-4-6-15-5-2-3-7-18(15)19/h2-3,5,7,9-14,19H,4,6,8H2,1H3,(H,25,29)(H,27,28). The van der Waals surface area contributed by atoms with Crippen molar-refractivity contribution in [1.29, 1.82) is 0 Å². The van der Waals surface area contributed by atoms with Crippen LogP contribution in [0.4, 0.5) is 5.13 Å². The third-order valence-corrected chi connectivity index (χ3v) is 6.40. The van der Waals surface area contributed by atoms with Crippen LogP contribution in [0.3, 0.4) is 0 Å². The summed E-state index contributed by atoms with van der Waals surface area (Å²) in [4.78, 5) is 20.6. The zero-order chi connectivity index (χ0) is 21.2. The van der Waals surface area contributed by atoms with Crippen molar-refractivity contribution >= 4 is 32.6 Å². The minimum Gasteiger partial charge on any atom is -0.457 e. The zero-order valence-electron chi connectivity index (χ0n) is 17.1. The second-order valence-electron chi connectivity index (χ2n) is 7.49. The molecule has 1 atom stereocenters. The lowest BCUT2D eigenvalue weighted by Gasteiger charge is -2.26. The molecule has 7 heteroatoms. The van der Waals surface area contributed by atoms with Crippen LogP contribution in [-0.2, 0) is 6.42 Å². The molecule has 1 unspecified atom stereocenters. The number of aryl methyl sites for hydroxylation is 1. The highest BCUT2D eigenvalue weighted by Crippen LogP contribution is 2.36. The highest BCUT2D eigenvalue weighted by atomic mass is 32.1. The van der Waals surface area contributed by atoms with Crippen molar-refractivity contribution in [1.82, 2.24) is 15.3 Å². The summed E-state index contributed by atoms with van der Waals surface area (Å²) in [7, 11) is 1.58. The van der Waals surface area contributed by atoms with Crippen molar-refractivity contribution in [3.05, 3.63) is 77.6 Å². The van der Waals surface area contributed by atoms with Crippen molar-refractivity contribution in [2.75, 3.05) is 12.4 Å². The Labute approximate surface area is 184 Å². The number of pyridine rings is 1. The predicted octanol–water partition coefficient (Wildman–Crippen LogP) is 5.33. The first kappa shape index (κ1) is 19.5. The first-order chi connectivity index (χ1) is 15.2. The molecule has 2 aromatic carbocycles. The van der Waals surface area contributed by atoms with Gasteiger partial charge in [-0.25, -0.2) is 4.98 Å². The molecule has 2 N–H and O–H groups in total. The molecule has 0 spiro atoms. The van der Waals surface area contributed by atoms with Gasteiger partial charge in [-0.1, -0.05) is 35.6 Å². The number of fused-ring (bicyclic) bond motifs is 2. The molecule has 6 nitrogen and oxygen atoms in total. The summed E-state index contributed by atoms with van der Waals surface area (Å²) in [5, 5.41) is 7.12. The molecular formula is C24H22N4O2S. The Kier molecular flexibility index (Phi) is 5.26. The Balaban J connectivity index is 1.36. The number of ether oxygens (including phenoxy) is 1. The Morgan fingerprint density at radius 1 is 1.13 bits per heavy atom. The number of benzene rings is 2.